The number of aromatic nitrogens is 1. The summed E-state index contributed by atoms with van der Waals surface area (Å²) in [5, 5.41) is 16.8. The highest BCUT2D eigenvalue weighted by Crippen LogP contribution is 2.23. The van der Waals surface area contributed by atoms with Crippen LogP contribution in [0.15, 0.2) is 53.1 Å². The average Bonchev–Trinajstić information content (AvgIpc) is 2.98. The van der Waals surface area contributed by atoms with Gasteiger partial charge in [-0.25, -0.2) is 4.79 Å². The molecule has 0 aliphatic rings. The first kappa shape index (κ1) is 12.9. The Kier molecular flexibility index (Phi) is 3.12. The van der Waals surface area contributed by atoms with Crippen molar-refractivity contribution in [1.82, 2.24) is 5.16 Å². The maximum atomic E-state index is 12.1. The number of aromatic carboxylic acids is 1. The van der Waals surface area contributed by atoms with Crippen LogP contribution in [0.4, 0.5) is 5.69 Å². The van der Waals surface area contributed by atoms with Crippen molar-refractivity contribution in [3.05, 3.63) is 60.0 Å². The molecule has 104 valence electrons. The van der Waals surface area contributed by atoms with Crippen LogP contribution >= 0.6 is 0 Å². The number of fused-ring (bicyclic) bond motifs is 1. The van der Waals surface area contributed by atoms with Crippen LogP contribution in [0.25, 0.3) is 10.8 Å². The molecule has 1 heterocycles. The fourth-order valence-electron chi connectivity index (χ4n) is 2.00. The number of carbonyl (C=O) groups excluding carboxylic acids is 1. The maximum absolute atomic E-state index is 12.1. The van der Waals surface area contributed by atoms with Crippen molar-refractivity contribution < 1.29 is 19.2 Å². The molecule has 0 unspecified atom stereocenters. The zero-order valence-corrected chi connectivity index (χ0v) is 10.7. The molecule has 6 nitrogen and oxygen atoms in total. The normalized spacial score (nSPS) is 10.5. The van der Waals surface area contributed by atoms with Crippen molar-refractivity contribution in [1.29, 1.82) is 0 Å². The van der Waals surface area contributed by atoms with Gasteiger partial charge in [0.1, 0.15) is 0 Å². The molecule has 3 rings (SSSR count). The van der Waals surface area contributed by atoms with Gasteiger partial charge in [-0.3, -0.25) is 4.79 Å². The largest absolute Gasteiger partial charge is 0.475 e. The molecule has 0 fully saturated rings. The Labute approximate surface area is 119 Å². The molecular formula is C15H10N2O4. The second kappa shape index (κ2) is 5.09. The van der Waals surface area contributed by atoms with E-state index in [1.54, 1.807) is 6.07 Å². The van der Waals surface area contributed by atoms with Crippen LogP contribution in [-0.2, 0) is 0 Å². The molecule has 3 aromatic rings. The number of nitrogens with zero attached hydrogens (tertiary/aromatic N) is 1. The number of hydrogen-bond donors (Lipinski definition) is 2. The highest BCUT2D eigenvalue weighted by molar-refractivity contribution is 6.08. The van der Waals surface area contributed by atoms with E-state index >= 15 is 0 Å². The number of carboxylic acid groups (broad SMARTS) is 1. The van der Waals surface area contributed by atoms with E-state index in [0.29, 0.717) is 5.69 Å². The summed E-state index contributed by atoms with van der Waals surface area (Å²) in [6.45, 7) is 0. The minimum absolute atomic E-state index is 0.0830. The van der Waals surface area contributed by atoms with Crippen molar-refractivity contribution in [2.75, 3.05) is 5.32 Å². The molecule has 0 saturated heterocycles. The molecule has 1 amide bonds. The highest BCUT2D eigenvalue weighted by atomic mass is 16.5. The van der Waals surface area contributed by atoms with E-state index in [-0.39, 0.29) is 11.5 Å². The van der Waals surface area contributed by atoms with E-state index in [9.17, 15) is 9.59 Å². The zero-order chi connectivity index (χ0) is 14.8. The average molecular weight is 282 g/mol. The summed E-state index contributed by atoms with van der Waals surface area (Å²) < 4.78 is 4.56. The number of benzene rings is 2. The Hall–Kier alpha value is -3.15. The van der Waals surface area contributed by atoms with Gasteiger partial charge >= 0.3 is 5.97 Å². The lowest BCUT2D eigenvalue weighted by molar-refractivity contribution is 0.0651. The van der Waals surface area contributed by atoms with E-state index < -0.39 is 11.9 Å². The third-order valence-electron chi connectivity index (χ3n) is 2.99. The van der Waals surface area contributed by atoms with Crippen LogP contribution in [0.2, 0.25) is 0 Å². The molecule has 6 heteroatoms. The van der Waals surface area contributed by atoms with Gasteiger partial charge in [0.05, 0.1) is 0 Å². The standard InChI is InChI=1S/C15H10N2O4/c18-14(12-8-13(15(19)20)21-17-12)16-11-7-3-5-9-4-1-2-6-10(9)11/h1-8H,(H,16,18)(H,19,20). The Bertz CT molecular complexity index is 833. The van der Waals surface area contributed by atoms with Gasteiger partial charge in [0.2, 0.25) is 5.76 Å². The van der Waals surface area contributed by atoms with Crippen LogP contribution in [0.5, 0.6) is 0 Å². The van der Waals surface area contributed by atoms with Gasteiger partial charge in [0.15, 0.2) is 5.69 Å². The Morgan fingerprint density at radius 3 is 2.62 bits per heavy atom. The molecule has 0 atom stereocenters. The second-order valence-corrected chi connectivity index (χ2v) is 4.36. The van der Waals surface area contributed by atoms with Gasteiger partial charge in [0.25, 0.3) is 5.91 Å². The molecule has 0 saturated carbocycles. The van der Waals surface area contributed by atoms with Crippen molar-refractivity contribution >= 4 is 28.3 Å². The molecule has 0 bridgehead atoms. The van der Waals surface area contributed by atoms with Gasteiger partial charge in [-0.1, -0.05) is 41.6 Å². The Morgan fingerprint density at radius 1 is 1.10 bits per heavy atom. The summed E-state index contributed by atoms with van der Waals surface area (Å²) in [6.07, 6.45) is 0. The predicted molar refractivity (Wildman–Crippen MR) is 75.4 cm³/mol. The predicted octanol–water partition coefficient (Wildman–Crippen LogP) is 2.78. The number of hydrogen-bond acceptors (Lipinski definition) is 4. The van der Waals surface area contributed by atoms with Gasteiger partial charge in [-0.2, -0.15) is 0 Å². The highest BCUT2D eigenvalue weighted by Gasteiger charge is 2.17. The number of nitrogens with one attached hydrogen (secondary N) is 1. The third-order valence-corrected chi connectivity index (χ3v) is 2.99. The second-order valence-electron chi connectivity index (χ2n) is 4.36. The molecule has 0 radical (unpaired) electrons. The number of carboxylic acids is 1. The number of amides is 1. The topological polar surface area (TPSA) is 92.4 Å². The van der Waals surface area contributed by atoms with Crippen molar-refractivity contribution in [3.8, 4) is 0 Å². The van der Waals surface area contributed by atoms with E-state index in [4.69, 9.17) is 5.11 Å². The molecule has 0 spiro atoms. The zero-order valence-electron chi connectivity index (χ0n) is 10.7. The SMILES string of the molecule is O=C(Nc1cccc2ccccc12)c1cc(C(=O)O)on1. The summed E-state index contributed by atoms with van der Waals surface area (Å²) in [5.41, 5.74) is 0.540. The summed E-state index contributed by atoms with van der Waals surface area (Å²) in [5.74, 6) is -2.17. The van der Waals surface area contributed by atoms with Crippen molar-refractivity contribution in [2.24, 2.45) is 0 Å². The minimum atomic E-state index is -1.27. The lowest BCUT2D eigenvalue weighted by atomic mass is 10.1. The monoisotopic (exact) mass is 282 g/mol. The molecule has 1 aromatic heterocycles. The van der Waals surface area contributed by atoms with Crippen LogP contribution in [0.1, 0.15) is 21.0 Å². The van der Waals surface area contributed by atoms with Gasteiger partial charge in [-0.15, -0.1) is 0 Å². The molecular weight excluding hydrogens is 272 g/mol. The third kappa shape index (κ3) is 2.46. The smallest absolute Gasteiger partial charge is 0.374 e. The lowest BCUT2D eigenvalue weighted by Gasteiger charge is -2.06. The Balaban J connectivity index is 1.91. The van der Waals surface area contributed by atoms with Gasteiger partial charge < -0.3 is 14.9 Å². The molecule has 21 heavy (non-hydrogen) atoms. The van der Waals surface area contributed by atoms with Gasteiger partial charge in [-0.05, 0) is 11.5 Å². The van der Waals surface area contributed by atoms with Crippen LogP contribution < -0.4 is 5.32 Å². The molecule has 0 aliphatic heterocycles. The van der Waals surface area contributed by atoms with Crippen molar-refractivity contribution in [2.45, 2.75) is 0 Å². The van der Waals surface area contributed by atoms with Crippen LogP contribution in [0, 0.1) is 0 Å². The lowest BCUT2D eigenvalue weighted by Crippen LogP contribution is -2.12. The fraction of sp³-hybridized carbons (Fsp3) is 0. The summed E-state index contributed by atoms with van der Waals surface area (Å²) >= 11 is 0. The quantitative estimate of drug-likeness (QED) is 0.770. The first-order valence-corrected chi connectivity index (χ1v) is 6.14. The molecule has 2 aromatic carbocycles. The molecule has 0 aliphatic carbocycles. The molecule has 2 N–H and O–H groups in total. The van der Waals surface area contributed by atoms with E-state index in [0.717, 1.165) is 16.8 Å². The van der Waals surface area contributed by atoms with Crippen molar-refractivity contribution in [3.63, 3.8) is 0 Å². The number of anilines is 1. The number of rotatable bonds is 3. The summed E-state index contributed by atoms with van der Waals surface area (Å²) in [4.78, 5) is 22.8. The van der Waals surface area contributed by atoms with Crippen LogP contribution in [-0.4, -0.2) is 22.1 Å². The summed E-state index contributed by atoms with van der Waals surface area (Å²) in [6, 6.07) is 14.2. The minimum Gasteiger partial charge on any atom is -0.475 e. The van der Waals surface area contributed by atoms with E-state index in [1.807, 2.05) is 36.4 Å². The van der Waals surface area contributed by atoms with Gasteiger partial charge in [0, 0.05) is 17.1 Å². The maximum Gasteiger partial charge on any atom is 0.374 e. The van der Waals surface area contributed by atoms with E-state index in [1.165, 1.54) is 0 Å². The first-order valence-electron chi connectivity index (χ1n) is 6.14. The fourth-order valence-corrected chi connectivity index (χ4v) is 2.00. The number of carbonyl (C=O) groups is 2. The summed E-state index contributed by atoms with van der Waals surface area (Å²) in [7, 11) is 0. The Morgan fingerprint density at radius 2 is 1.86 bits per heavy atom. The van der Waals surface area contributed by atoms with E-state index in [2.05, 4.69) is 15.0 Å². The van der Waals surface area contributed by atoms with Crippen LogP contribution in [0.3, 0.4) is 0 Å². The first-order chi connectivity index (χ1) is 10.1.